The fourth-order valence-corrected chi connectivity index (χ4v) is 4.54. The van der Waals surface area contributed by atoms with Gasteiger partial charge in [0.2, 0.25) is 5.16 Å². The van der Waals surface area contributed by atoms with Crippen LogP contribution in [-0.4, -0.2) is 62.2 Å². The number of benzene rings is 1. The second-order valence-corrected chi connectivity index (χ2v) is 8.48. The van der Waals surface area contributed by atoms with E-state index in [4.69, 9.17) is 5.26 Å². The highest BCUT2D eigenvalue weighted by atomic mass is 32.2. The number of carboxylic acid groups (broad SMARTS) is 1. The molecule has 1 aliphatic carbocycles. The molecule has 1 unspecified atom stereocenters. The van der Waals surface area contributed by atoms with Crippen LogP contribution in [-0.2, 0) is 23.6 Å². The quantitative estimate of drug-likeness (QED) is 0.770. The second-order valence-electron chi connectivity index (χ2n) is 7.21. The maximum atomic E-state index is 12.2. The van der Waals surface area contributed by atoms with Crippen LogP contribution < -0.4 is 4.90 Å². The van der Waals surface area contributed by atoms with Crippen LogP contribution in [0.25, 0.3) is 11.3 Å². The van der Waals surface area contributed by atoms with Crippen LogP contribution in [0.3, 0.4) is 0 Å². The van der Waals surface area contributed by atoms with Gasteiger partial charge in [0.15, 0.2) is 0 Å². The smallest absolute Gasteiger partial charge is 0.407 e. The molecule has 9 heteroatoms. The summed E-state index contributed by atoms with van der Waals surface area (Å²) in [6.07, 6.45) is 2.29. The number of amides is 1. The molecular formula is C20H21N5O3S. The number of aryl methyl sites for hydroxylation is 1. The van der Waals surface area contributed by atoms with Crippen molar-refractivity contribution in [3.05, 3.63) is 35.4 Å². The Labute approximate surface area is 171 Å². The van der Waals surface area contributed by atoms with Crippen molar-refractivity contribution in [1.29, 1.82) is 5.26 Å². The Morgan fingerprint density at radius 2 is 2.10 bits per heavy atom. The van der Waals surface area contributed by atoms with Gasteiger partial charge in [-0.05, 0) is 18.4 Å². The summed E-state index contributed by atoms with van der Waals surface area (Å²) in [5.41, 5.74) is 4.04. The number of rotatable bonds is 3. The standard InChI is InChI=1S/C20H21N5O3S/c1-29(28)19-22-17-15-5-3-2-4-13(15)6-7-16(17)18(23-19)24-10-11-25(20(26)27)14(12-24)8-9-21/h2-5,14H,6-8,10-12H2,1H3,(H,26,27)/t14-,29?/m0/s1. The molecule has 2 aromatic rings. The van der Waals surface area contributed by atoms with Gasteiger partial charge in [0.1, 0.15) is 5.82 Å². The van der Waals surface area contributed by atoms with E-state index >= 15 is 0 Å². The zero-order chi connectivity index (χ0) is 20.5. The number of nitriles is 1. The third-order valence-electron chi connectivity index (χ3n) is 5.49. The van der Waals surface area contributed by atoms with Crippen molar-refractivity contribution in [2.75, 3.05) is 30.8 Å². The number of carbonyl (C=O) groups is 1. The van der Waals surface area contributed by atoms with Gasteiger partial charge in [0.05, 0.1) is 35.0 Å². The minimum absolute atomic E-state index is 0.117. The van der Waals surface area contributed by atoms with Gasteiger partial charge in [-0.25, -0.2) is 14.8 Å². The van der Waals surface area contributed by atoms with E-state index in [0.29, 0.717) is 25.5 Å². The first kappa shape index (κ1) is 19.3. The molecule has 0 saturated carbocycles. The minimum atomic E-state index is -1.35. The molecule has 1 aromatic carbocycles. The van der Waals surface area contributed by atoms with Crippen LogP contribution in [0.5, 0.6) is 0 Å². The van der Waals surface area contributed by atoms with Crippen molar-refractivity contribution in [3.63, 3.8) is 0 Å². The highest BCUT2D eigenvalue weighted by Gasteiger charge is 2.33. The highest BCUT2D eigenvalue weighted by Crippen LogP contribution is 2.37. The molecular weight excluding hydrogens is 390 g/mol. The Morgan fingerprint density at radius 1 is 1.31 bits per heavy atom. The largest absolute Gasteiger partial charge is 0.465 e. The number of anilines is 1. The van der Waals surface area contributed by atoms with Gasteiger partial charge in [-0.3, -0.25) is 4.21 Å². The summed E-state index contributed by atoms with van der Waals surface area (Å²) >= 11 is 0. The lowest BCUT2D eigenvalue weighted by molar-refractivity contribution is 0.119. The molecule has 2 aliphatic rings. The molecule has 1 aliphatic heterocycles. The van der Waals surface area contributed by atoms with E-state index in [1.807, 2.05) is 23.1 Å². The number of piperazine rings is 1. The first-order valence-electron chi connectivity index (χ1n) is 9.43. The Balaban J connectivity index is 1.79. The molecule has 4 rings (SSSR count). The second kappa shape index (κ2) is 7.79. The zero-order valence-corrected chi connectivity index (χ0v) is 16.9. The lowest BCUT2D eigenvalue weighted by atomic mass is 9.89. The summed E-state index contributed by atoms with van der Waals surface area (Å²) < 4.78 is 12.2. The molecule has 2 atom stereocenters. The van der Waals surface area contributed by atoms with Crippen LogP contribution in [0.2, 0.25) is 0 Å². The fourth-order valence-electron chi connectivity index (χ4n) is 4.10. The van der Waals surface area contributed by atoms with Crippen molar-refractivity contribution in [3.8, 4) is 17.3 Å². The highest BCUT2D eigenvalue weighted by molar-refractivity contribution is 7.84. The normalized spacial score (nSPS) is 19.1. The van der Waals surface area contributed by atoms with Crippen molar-refractivity contribution < 1.29 is 14.1 Å². The predicted octanol–water partition coefficient (Wildman–Crippen LogP) is 2.06. The molecule has 1 N–H and O–H groups in total. The maximum absolute atomic E-state index is 12.2. The van der Waals surface area contributed by atoms with Gasteiger partial charge < -0.3 is 14.9 Å². The van der Waals surface area contributed by atoms with Gasteiger partial charge in [-0.1, -0.05) is 24.3 Å². The van der Waals surface area contributed by atoms with E-state index in [9.17, 15) is 14.1 Å². The van der Waals surface area contributed by atoms with E-state index < -0.39 is 22.9 Å². The lowest BCUT2D eigenvalue weighted by Crippen LogP contribution is -2.55. The van der Waals surface area contributed by atoms with E-state index in [2.05, 4.69) is 22.1 Å². The van der Waals surface area contributed by atoms with Crippen LogP contribution in [0.4, 0.5) is 10.6 Å². The van der Waals surface area contributed by atoms with E-state index in [1.54, 1.807) is 6.26 Å². The maximum Gasteiger partial charge on any atom is 0.407 e. The summed E-state index contributed by atoms with van der Waals surface area (Å²) in [7, 11) is -1.35. The Bertz CT molecular complexity index is 1040. The third kappa shape index (κ3) is 3.56. The monoisotopic (exact) mass is 411 g/mol. The first-order valence-corrected chi connectivity index (χ1v) is 11.0. The zero-order valence-electron chi connectivity index (χ0n) is 16.0. The molecule has 2 heterocycles. The van der Waals surface area contributed by atoms with Crippen LogP contribution in [0.15, 0.2) is 29.4 Å². The first-order chi connectivity index (χ1) is 14.0. The topological polar surface area (TPSA) is 110 Å². The summed E-state index contributed by atoms with van der Waals surface area (Å²) in [5, 5.41) is 18.9. The summed E-state index contributed by atoms with van der Waals surface area (Å²) in [6, 6.07) is 9.73. The SMILES string of the molecule is CS(=O)c1nc2c(c(N3CCN(C(=O)O)[C@@H](CC#N)C3)n1)CCc1ccccc1-2. The van der Waals surface area contributed by atoms with E-state index in [0.717, 1.165) is 29.7 Å². The van der Waals surface area contributed by atoms with Crippen molar-refractivity contribution in [1.82, 2.24) is 14.9 Å². The molecule has 0 bridgehead atoms. The van der Waals surface area contributed by atoms with Crippen molar-refractivity contribution in [2.45, 2.75) is 30.5 Å². The number of hydrogen-bond donors (Lipinski definition) is 1. The van der Waals surface area contributed by atoms with Gasteiger partial charge in [-0.15, -0.1) is 0 Å². The Hall–Kier alpha value is -2.99. The molecule has 1 amide bonds. The van der Waals surface area contributed by atoms with Gasteiger partial charge >= 0.3 is 6.09 Å². The van der Waals surface area contributed by atoms with Crippen molar-refractivity contribution >= 4 is 22.7 Å². The van der Waals surface area contributed by atoms with Crippen LogP contribution in [0.1, 0.15) is 17.5 Å². The molecule has 8 nitrogen and oxygen atoms in total. The predicted molar refractivity (Wildman–Crippen MR) is 108 cm³/mol. The summed E-state index contributed by atoms with van der Waals surface area (Å²) in [4.78, 5) is 24.1. The molecule has 0 spiro atoms. The number of fused-ring (bicyclic) bond motifs is 3. The minimum Gasteiger partial charge on any atom is -0.465 e. The molecule has 1 aromatic heterocycles. The molecule has 0 radical (unpaired) electrons. The molecule has 1 saturated heterocycles. The molecule has 29 heavy (non-hydrogen) atoms. The van der Waals surface area contributed by atoms with Crippen LogP contribution in [0, 0.1) is 11.3 Å². The van der Waals surface area contributed by atoms with Gasteiger partial charge in [-0.2, -0.15) is 5.26 Å². The number of hydrogen-bond acceptors (Lipinski definition) is 6. The van der Waals surface area contributed by atoms with Gasteiger partial charge in [0.25, 0.3) is 0 Å². The van der Waals surface area contributed by atoms with Crippen LogP contribution >= 0.6 is 0 Å². The Kier molecular flexibility index (Phi) is 5.20. The molecule has 150 valence electrons. The number of aromatic nitrogens is 2. The molecule has 1 fully saturated rings. The van der Waals surface area contributed by atoms with E-state index in [-0.39, 0.29) is 11.6 Å². The fraction of sp³-hybridized carbons (Fsp3) is 0.400. The summed E-state index contributed by atoms with van der Waals surface area (Å²) in [6.45, 7) is 1.14. The number of nitrogens with zero attached hydrogens (tertiary/aromatic N) is 5. The van der Waals surface area contributed by atoms with Crippen molar-refractivity contribution in [2.24, 2.45) is 0 Å². The average molecular weight is 411 g/mol. The Morgan fingerprint density at radius 3 is 2.83 bits per heavy atom. The lowest BCUT2D eigenvalue weighted by Gasteiger charge is -2.40. The summed E-state index contributed by atoms with van der Waals surface area (Å²) in [5.74, 6) is 0.711. The van der Waals surface area contributed by atoms with E-state index in [1.165, 1.54) is 10.5 Å². The van der Waals surface area contributed by atoms with Gasteiger partial charge in [0, 0.05) is 37.0 Å². The third-order valence-corrected chi connectivity index (χ3v) is 6.19. The average Bonchev–Trinajstić information content (AvgIpc) is 2.72.